The van der Waals surface area contributed by atoms with Gasteiger partial charge in [-0.3, -0.25) is 0 Å². The monoisotopic (exact) mass is 343 g/mol. The van der Waals surface area contributed by atoms with E-state index in [9.17, 15) is 8.42 Å². The fourth-order valence-electron chi connectivity index (χ4n) is 3.47. The van der Waals surface area contributed by atoms with Crippen LogP contribution < -0.4 is 0 Å². The molecule has 0 heterocycles. The second-order valence-corrected chi connectivity index (χ2v) is 8.47. The molecule has 2 aromatic carbocycles. The van der Waals surface area contributed by atoms with Gasteiger partial charge in [0.1, 0.15) is 0 Å². The molecule has 1 aliphatic carbocycles. The second-order valence-electron chi connectivity index (χ2n) is 6.51. The molecule has 4 heteroatoms. The molecular formula is C20H25NO2S. The molecule has 0 aliphatic heterocycles. The third kappa shape index (κ3) is 3.26. The Labute approximate surface area is 145 Å². The molecule has 0 radical (unpaired) electrons. The van der Waals surface area contributed by atoms with Gasteiger partial charge in [0.15, 0.2) is 0 Å². The Balaban J connectivity index is 2.01. The van der Waals surface area contributed by atoms with Gasteiger partial charge in [0.25, 0.3) is 0 Å². The lowest BCUT2D eigenvalue weighted by atomic mass is 10.0. The van der Waals surface area contributed by atoms with Crippen LogP contribution in [0.25, 0.3) is 11.1 Å². The minimum absolute atomic E-state index is 0.130. The highest BCUT2D eigenvalue weighted by Crippen LogP contribution is 2.32. The van der Waals surface area contributed by atoms with Gasteiger partial charge in [-0.2, -0.15) is 4.31 Å². The Hall–Kier alpha value is -1.65. The number of nitrogens with zero attached hydrogens (tertiary/aromatic N) is 1. The molecule has 0 N–H and O–H groups in total. The average molecular weight is 343 g/mol. The minimum Gasteiger partial charge on any atom is -0.207 e. The summed E-state index contributed by atoms with van der Waals surface area (Å²) in [5, 5.41) is 0. The molecule has 1 aliphatic rings. The Morgan fingerprint density at radius 1 is 1.00 bits per heavy atom. The van der Waals surface area contributed by atoms with E-state index < -0.39 is 10.0 Å². The predicted molar refractivity (Wildman–Crippen MR) is 98.5 cm³/mol. The fraction of sp³-hybridized carbons (Fsp3) is 0.400. The average Bonchev–Trinajstić information content (AvgIpc) is 3.15. The Morgan fingerprint density at radius 3 is 2.25 bits per heavy atom. The third-order valence-electron chi connectivity index (χ3n) is 5.06. The van der Waals surface area contributed by atoms with Crippen LogP contribution in [0, 0.1) is 0 Å². The quantitative estimate of drug-likeness (QED) is 0.803. The number of hydrogen-bond acceptors (Lipinski definition) is 2. The number of benzene rings is 2. The molecule has 1 fully saturated rings. The first-order valence-electron chi connectivity index (χ1n) is 8.70. The molecule has 0 aromatic heterocycles. The molecule has 1 saturated carbocycles. The number of hydrogen-bond donors (Lipinski definition) is 0. The number of sulfonamides is 1. The van der Waals surface area contributed by atoms with E-state index in [2.05, 4.69) is 19.1 Å². The molecule has 0 spiro atoms. The van der Waals surface area contributed by atoms with Crippen LogP contribution in [-0.2, 0) is 16.4 Å². The maximum atomic E-state index is 13.2. The molecule has 0 unspecified atom stereocenters. The highest BCUT2D eigenvalue weighted by atomic mass is 32.2. The van der Waals surface area contributed by atoms with Crippen molar-refractivity contribution in [2.45, 2.75) is 50.0 Å². The maximum absolute atomic E-state index is 13.2. The molecule has 128 valence electrons. The van der Waals surface area contributed by atoms with Gasteiger partial charge < -0.3 is 0 Å². The van der Waals surface area contributed by atoms with Crippen LogP contribution in [0.4, 0.5) is 0 Å². The molecule has 3 rings (SSSR count). The highest BCUT2D eigenvalue weighted by molar-refractivity contribution is 7.89. The van der Waals surface area contributed by atoms with Crippen LogP contribution in [0.5, 0.6) is 0 Å². The Morgan fingerprint density at radius 2 is 1.62 bits per heavy atom. The van der Waals surface area contributed by atoms with Crippen molar-refractivity contribution in [2.75, 3.05) is 7.05 Å². The van der Waals surface area contributed by atoms with Crippen molar-refractivity contribution in [3.8, 4) is 11.1 Å². The Kier molecular flexibility index (Phi) is 5.07. The highest BCUT2D eigenvalue weighted by Gasteiger charge is 2.31. The first-order valence-corrected chi connectivity index (χ1v) is 10.1. The zero-order valence-corrected chi connectivity index (χ0v) is 15.2. The largest absolute Gasteiger partial charge is 0.243 e. The summed E-state index contributed by atoms with van der Waals surface area (Å²) in [6, 6.07) is 15.6. The van der Waals surface area contributed by atoms with Gasteiger partial charge >= 0.3 is 0 Å². The van der Waals surface area contributed by atoms with Crippen molar-refractivity contribution in [3.05, 3.63) is 54.1 Å². The van der Waals surface area contributed by atoms with E-state index in [1.165, 1.54) is 5.56 Å². The van der Waals surface area contributed by atoms with E-state index in [0.29, 0.717) is 4.90 Å². The van der Waals surface area contributed by atoms with Crippen LogP contribution in [0.2, 0.25) is 0 Å². The van der Waals surface area contributed by atoms with Crippen molar-refractivity contribution < 1.29 is 8.42 Å². The molecule has 0 amide bonds. The van der Waals surface area contributed by atoms with E-state index in [0.717, 1.165) is 43.2 Å². The van der Waals surface area contributed by atoms with Crippen molar-refractivity contribution in [1.82, 2.24) is 4.31 Å². The van der Waals surface area contributed by atoms with Crippen molar-refractivity contribution >= 4 is 10.0 Å². The van der Waals surface area contributed by atoms with E-state index >= 15 is 0 Å². The summed E-state index contributed by atoms with van der Waals surface area (Å²) in [7, 11) is -1.76. The zero-order chi connectivity index (χ0) is 17.2. The lowest BCUT2D eigenvalue weighted by molar-refractivity contribution is 0.373. The van der Waals surface area contributed by atoms with Crippen LogP contribution >= 0.6 is 0 Å². The first kappa shape index (κ1) is 17.2. The molecule has 0 bridgehead atoms. The molecular weight excluding hydrogens is 318 g/mol. The van der Waals surface area contributed by atoms with E-state index in [-0.39, 0.29) is 6.04 Å². The van der Waals surface area contributed by atoms with Crippen molar-refractivity contribution in [2.24, 2.45) is 0 Å². The number of aryl methyl sites for hydroxylation is 1. The lowest BCUT2D eigenvalue weighted by Gasteiger charge is -2.25. The summed E-state index contributed by atoms with van der Waals surface area (Å²) in [6.45, 7) is 2.12. The third-order valence-corrected chi connectivity index (χ3v) is 7.02. The van der Waals surface area contributed by atoms with Gasteiger partial charge in [0.05, 0.1) is 4.90 Å². The second kappa shape index (κ2) is 7.08. The molecule has 3 nitrogen and oxygen atoms in total. The number of rotatable bonds is 5. The molecule has 24 heavy (non-hydrogen) atoms. The maximum Gasteiger partial charge on any atom is 0.243 e. The van der Waals surface area contributed by atoms with Crippen LogP contribution in [0.1, 0.15) is 38.2 Å². The summed E-state index contributed by atoms with van der Waals surface area (Å²) >= 11 is 0. The zero-order valence-electron chi connectivity index (χ0n) is 14.4. The SMILES string of the molecule is CCc1ccc(-c2ccccc2S(=O)(=O)N(C)C2CCCC2)cc1. The van der Waals surface area contributed by atoms with E-state index in [1.807, 2.05) is 24.3 Å². The van der Waals surface area contributed by atoms with Crippen LogP contribution in [-0.4, -0.2) is 25.8 Å². The minimum atomic E-state index is -3.48. The smallest absolute Gasteiger partial charge is 0.207 e. The van der Waals surface area contributed by atoms with E-state index in [4.69, 9.17) is 0 Å². The summed E-state index contributed by atoms with van der Waals surface area (Å²) in [5.41, 5.74) is 2.98. The lowest BCUT2D eigenvalue weighted by Crippen LogP contribution is -2.35. The summed E-state index contributed by atoms with van der Waals surface area (Å²) in [4.78, 5) is 0.406. The molecule has 2 aromatic rings. The van der Waals surface area contributed by atoms with Crippen LogP contribution in [0.15, 0.2) is 53.4 Å². The molecule has 0 atom stereocenters. The fourth-order valence-corrected chi connectivity index (χ4v) is 5.10. The molecule has 0 saturated heterocycles. The summed E-state index contributed by atoms with van der Waals surface area (Å²) in [6.07, 6.45) is 5.13. The summed E-state index contributed by atoms with van der Waals surface area (Å²) < 4.78 is 27.9. The van der Waals surface area contributed by atoms with Gasteiger partial charge in [-0.15, -0.1) is 0 Å². The summed E-state index contributed by atoms with van der Waals surface area (Å²) in [5.74, 6) is 0. The van der Waals surface area contributed by atoms with Gasteiger partial charge in [0.2, 0.25) is 10.0 Å². The van der Waals surface area contributed by atoms with Crippen molar-refractivity contribution in [3.63, 3.8) is 0 Å². The standard InChI is InChI=1S/C20H25NO2S/c1-3-16-12-14-17(15-13-16)19-10-6-7-11-20(19)24(22,23)21(2)18-8-4-5-9-18/h6-7,10-15,18H,3-5,8-9H2,1-2H3. The Bertz CT molecular complexity index is 791. The van der Waals surface area contributed by atoms with Gasteiger partial charge in [-0.25, -0.2) is 8.42 Å². The normalized spacial score (nSPS) is 16.0. The van der Waals surface area contributed by atoms with Gasteiger partial charge in [-0.05, 0) is 36.5 Å². The topological polar surface area (TPSA) is 37.4 Å². The van der Waals surface area contributed by atoms with Crippen LogP contribution in [0.3, 0.4) is 0 Å². The first-order chi connectivity index (χ1) is 11.5. The van der Waals surface area contributed by atoms with Gasteiger partial charge in [0, 0.05) is 18.7 Å². The predicted octanol–water partition coefficient (Wildman–Crippen LogP) is 4.48. The van der Waals surface area contributed by atoms with Gasteiger partial charge in [-0.1, -0.05) is 62.2 Å². The van der Waals surface area contributed by atoms with Crippen molar-refractivity contribution in [1.29, 1.82) is 0 Å². The van der Waals surface area contributed by atoms with E-state index in [1.54, 1.807) is 23.5 Å².